The summed E-state index contributed by atoms with van der Waals surface area (Å²) in [5.41, 5.74) is 3.08. The molecule has 3 aromatic carbocycles. The molecule has 2 aliphatic rings. The Kier molecular flexibility index (Phi) is 9.27. The monoisotopic (exact) mass is 625 g/mol. The fourth-order valence-electron chi connectivity index (χ4n) is 5.55. The minimum Gasteiger partial charge on any atom is -0.494 e. The van der Waals surface area contributed by atoms with Crippen LogP contribution in [0.1, 0.15) is 18.0 Å². The number of likely N-dealkylation sites (N-methyl/N-ethyl adjacent to an activating group) is 1. The maximum atomic E-state index is 13.7. The number of hydrogen-bond donors (Lipinski definition) is 2. The fraction of sp³-hybridized carbons (Fsp3) is 0.265. The van der Waals surface area contributed by atoms with E-state index in [9.17, 15) is 9.18 Å². The highest BCUT2D eigenvalue weighted by Crippen LogP contribution is 2.40. The van der Waals surface area contributed by atoms with Crippen molar-refractivity contribution in [2.24, 2.45) is 0 Å². The van der Waals surface area contributed by atoms with E-state index in [-0.39, 0.29) is 17.8 Å². The number of halogens is 1. The molecule has 4 aromatic rings. The quantitative estimate of drug-likeness (QED) is 0.207. The predicted octanol–water partition coefficient (Wildman–Crippen LogP) is 5.92. The first kappa shape index (κ1) is 30.8. The van der Waals surface area contributed by atoms with Gasteiger partial charge in [-0.05, 0) is 49.0 Å². The van der Waals surface area contributed by atoms with Crippen molar-refractivity contribution in [1.82, 2.24) is 14.9 Å². The van der Waals surface area contributed by atoms with Crippen LogP contribution in [0, 0.1) is 5.82 Å². The second-order valence-electron chi connectivity index (χ2n) is 11.0. The molecule has 6 rings (SSSR count). The van der Waals surface area contributed by atoms with Crippen LogP contribution in [0.2, 0.25) is 0 Å². The van der Waals surface area contributed by atoms with Gasteiger partial charge in [0.25, 0.3) is 0 Å². The lowest BCUT2D eigenvalue weighted by atomic mass is 10.0. The number of carbonyl (C=O) groups is 1. The van der Waals surface area contributed by atoms with Crippen molar-refractivity contribution < 1.29 is 23.5 Å². The summed E-state index contributed by atoms with van der Waals surface area (Å²) in [6.07, 6.45) is 3.44. The topological polar surface area (TPSA) is 104 Å². The molecule has 0 saturated carbocycles. The number of benzene rings is 3. The molecule has 11 nitrogen and oxygen atoms in total. The molecule has 1 aromatic heterocycles. The molecule has 2 aliphatic heterocycles. The van der Waals surface area contributed by atoms with Crippen molar-refractivity contribution in [3.05, 3.63) is 97.1 Å². The third-order valence-electron chi connectivity index (χ3n) is 7.93. The molecule has 0 bridgehead atoms. The Morgan fingerprint density at radius 1 is 1.02 bits per heavy atom. The van der Waals surface area contributed by atoms with Gasteiger partial charge < -0.3 is 29.9 Å². The van der Waals surface area contributed by atoms with E-state index in [1.165, 1.54) is 24.5 Å². The standard InChI is InChI=1S/C34H36FN7O4/c1-4-34(43)39-27-19-28(31(44-3)20-30(27)41-14-12-40(2)13-15-41)38-32-21-33(37-22-36-32)42-29(11-16-45-42)23-7-5-9-25(17-23)46-26-10-6-8-24(35)18-26/h4-10,17-22,29H,1,11-16H2,2-3H3,(H,39,43)(H,36,37,38). The van der Waals surface area contributed by atoms with Crippen LogP contribution in [0.5, 0.6) is 17.2 Å². The average molecular weight is 626 g/mol. The number of anilines is 5. The molecular weight excluding hydrogens is 589 g/mol. The number of ether oxygens (including phenoxy) is 2. The van der Waals surface area contributed by atoms with Crippen molar-refractivity contribution in [3.8, 4) is 17.2 Å². The largest absolute Gasteiger partial charge is 0.494 e. The maximum Gasteiger partial charge on any atom is 0.247 e. The van der Waals surface area contributed by atoms with E-state index in [4.69, 9.17) is 14.3 Å². The first-order valence-corrected chi connectivity index (χ1v) is 15.0. The smallest absolute Gasteiger partial charge is 0.247 e. The van der Waals surface area contributed by atoms with E-state index in [2.05, 4.69) is 44.0 Å². The molecule has 2 saturated heterocycles. The summed E-state index contributed by atoms with van der Waals surface area (Å²) in [5, 5.41) is 8.05. The molecule has 238 valence electrons. The molecular formula is C34H36FN7O4. The molecule has 1 amide bonds. The molecule has 1 unspecified atom stereocenters. The van der Waals surface area contributed by atoms with E-state index >= 15 is 0 Å². The Morgan fingerprint density at radius 3 is 2.57 bits per heavy atom. The second-order valence-corrected chi connectivity index (χ2v) is 11.0. The number of amides is 1. The SMILES string of the molecule is C=CC(=O)Nc1cc(Nc2cc(N3OCCC3c3cccc(Oc4cccc(F)c4)c3)ncn2)c(OC)cc1N1CCN(C)CC1. The van der Waals surface area contributed by atoms with Crippen molar-refractivity contribution in [2.75, 3.05) is 67.5 Å². The Labute approximate surface area is 267 Å². The highest BCUT2D eigenvalue weighted by atomic mass is 19.1. The molecule has 12 heteroatoms. The number of nitrogens with one attached hydrogen (secondary N) is 2. The number of nitrogens with zero attached hydrogens (tertiary/aromatic N) is 5. The number of aromatic nitrogens is 2. The first-order valence-electron chi connectivity index (χ1n) is 15.0. The van der Waals surface area contributed by atoms with Gasteiger partial charge in [0.05, 0.1) is 36.8 Å². The zero-order valence-corrected chi connectivity index (χ0v) is 25.8. The summed E-state index contributed by atoms with van der Waals surface area (Å²) in [5.74, 6) is 2.00. The molecule has 2 N–H and O–H groups in total. The zero-order valence-electron chi connectivity index (χ0n) is 25.8. The van der Waals surface area contributed by atoms with Crippen LogP contribution in [0.15, 0.2) is 85.7 Å². The second kappa shape index (κ2) is 13.8. The average Bonchev–Trinajstić information content (AvgIpc) is 3.56. The van der Waals surface area contributed by atoms with E-state index < -0.39 is 0 Å². The Hall–Kier alpha value is -5.20. The van der Waals surface area contributed by atoms with Gasteiger partial charge in [-0.15, -0.1) is 0 Å². The minimum absolute atomic E-state index is 0.142. The van der Waals surface area contributed by atoms with Crippen molar-refractivity contribution in [2.45, 2.75) is 12.5 Å². The van der Waals surface area contributed by atoms with Crippen LogP contribution < -0.4 is 30.1 Å². The van der Waals surface area contributed by atoms with Gasteiger partial charge in [0, 0.05) is 50.8 Å². The molecule has 46 heavy (non-hydrogen) atoms. The highest BCUT2D eigenvalue weighted by molar-refractivity contribution is 6.02. The van der Waals surface area contributed by atoms with Crippen LogP contribution in [-0.4, -0.2) is 67.7 Å². The van der Waals surface area contributed by atoms with Gasteiger partial charge in [-0.2, -0.15) is 0 Å². The van der Waals surface area contributed by atoms with E-state index in [1.807, 2.05) is 36.4 Å². The van der Waals surface area contributed by atoms with Crippen molar-refractivity contribution in [3.63, 3.8) is 0 Å². The summed E-state index contributed by atoms with van der Waals surface area (Å²) >= 11 is 0. The molecule has 3 heterocycles. The van der Waals surface area contributed by atoms with Crippen LogP contribution in [-0.2, 0) is 9.63 Å². The molecule has 0 radical (unpaired) electrons. The van der Waals surface area contributed by atoms with Gasteiger partial charge in [0.2, 0.25) is 5.91 Å². The van der Waals surface area contributed by atoms with Crippen LogP contribution in [0.4, 0.5) is 33.1 Å². The van der Waals surface area contributed by atoms with Gasteiger partial charge in [0.15, 0.2) is 5.82 Å². The van der Waals surface area contributed by atoms with Gasteiger partial charge in [-0.3, -0.25) is 9.63 Å². The summed E-state index contributed by atoms with van der Waals surface area (Å²) < 4.78 is 25.4. The van der Waals surface area contributed by atoms with Crippen LogP contribution >= 0.6 is 0 Å². The lowest BCUT2D eigenvalue weighted by Gasteiger charge is -2.35. The van der Waals surface area contributed by atoms with Gasteiger partial charge >= 0.3 is 0 Å². The first-order chi connectivity index (χ1) is 22.4. The Morgan fingerprint density at radius 2 is 1.80 bits per heavy atom. The molecule has 2 fully saturated rings. The third kappa shape index (κ3) is 7.03. The van der Waals surface area contributed by atoms with Gasteiger partial charge in [-0.25, -0.2) is 19.4 Å². The van der Waals surface area contributed by atoms with Gasteiger partial charge in [0.1, 0.15) is 35.2 Å². The summed E-state index contributed by atoms with van der Waals surface area (Å²) in [6.45, 7) is 7.55. The lowest BCUT2D eigenvalue weighted by Crippen LogP contribution is -2.44. The fourth-order valence-corrected chi connectivity index (χ4v) is 5.55. The number of methoxy groups -OCH3 is 1. The number of hydroxylamine groups is 1. The molecule has 1 atom stereocenters. The van der Waals surface area contributed by atoms with Crippen LogP contribution in [0.25, 0.3) is 0 Å². The maximum absolute atomic E-state index is 13.7. The van der Waals surface area contributed by atoms with E-state index in [1.54, 1.807) is 30.4 Å². The lowest BCUT2D eigenvalue weighted by molar-refractivity contribution is -0.111. The van der Waals surface area contributed by atoms with Crippen molar-refractivity contribution in [1.29, 1.82) is 0 Å². The Bertz CT molecular complexity index is 1710. The number of rotatable bonds is 10. The summed E-state index contributed by atoms with van der Waals surface area (Å²) in [4.78, 5) is 31.9. The Balaban J connectivity index is 1.25. The minimum atomic E-state index is -0.362. The van der Waals surface area contributed by atoms with Gasteiger partial charge in [-0.1, -0.05) is 24.8 Å². The van der Waals surface area contributed by atoms with Crippen LogP contribution in [0.3, 0.4) is 0 Å². The summed E-state index contributed by atoms with van der Waals surface area (Å²) in [6, 6.07) is 19.1. The van der Waals surface area contributed by atoms with E-state index in [0.29, 0.717) is 46.9 Å². The number of carbonyl (C=O) groups excluding carboxylic acids is 1. The number of piperazine rings is 1. The zero-order chi connectivity index (χ0) is 32.0. The third-order valence-corrected chi connectivity index (χ3v) is 7.93. The van der Waals surface area contributed by atoms with E-state index in [0.717, 1.165) is 43.9 Å². The normalized spacial score (nSPS) is 16.6. The molecule has 0 spiro atoms. The molecule has 0 aliphatic carbocycles. The number of hydrogen-bond acceptors (Lipinski definition) is 10. The summed E-state index contributed by atoms with van der Waals surface area (Å²) in [7, 11) is 3.70. The van der Waals surface area contributed by atoms with Crippen molar-refractivity contribution >= 4 is 34.6 Å². The predicted molar refractivity (Wildman–Crippen MR) is 176 cm³/mol. The highest BCUT2D eigenvalue weighted by Gasteiger charge is 2.30.